The minimum absolute atomic E-state index is 0.130. The zero-order chi connectivity index (χ0) is 28.2. The van der Waals surface area contributed by atoms with Crippen LogP contribution >= 0.6 is 0 Å². The number of furan rings is 1. The number of para-hydroxylation sites is 1. The van der Waals surface area contributed by atoms with Gasteiger partial charge in [0, 0.05) is 17.4 Å². The van der Waals surface area contributed by atoms with Crippen LogP contribution < -0.4 is 10.6 Å². The summed E-state index contributed by atoms with van der Waals surface area (Å²) >= 11 is 0. The summed E-state index contributed by atoms with van der Waals surface area (Å²) < 4.78 is 31.3. The number of ether oxygens (including phenoxy) is 2. The van der Waals surface area contributed by atoms with Crippen LogP contribution in [0, 0.1) is 11.7 Å². The van der Waals surface area contributed by atoms with Gasteiger partial charge in [-0.25, -0.2) is 19.3 Å². The number of hydrogen-bond donors (Lipinski definition) is 3. The van der Waals surface area contributed by atoms with Crippen LogP contribution in [0.4, 0.5) is 16.0 Å². The van der Waals surface area contributed by atoms with Crippen LogP contribution in [0.5, 0.6) is 0 Å². The normalized spacial score (nSPS) is 18.6. The van der Waals surface area contributed by atoms with Crippen molar-refractivity contribution in [1.29, 1.82) is 0 Å². The zero-order valence-corrected chi connectivity index (χ0v) is 22.1. The minimum atomic E-state index is -1.26. The number of carbonyl (C=O) groups is 1. The Morgan fingerprint density at radius 2 is 1.80 bits per heavy atom. The van der Waals surface area contributed by atoms with Crippen molar-refractivity contribution in [2.24, 2.45) is 5.92 Å². The van der Waals surface area contributed by atoms with Crippen molar-refractivity contribution >= 4 is 17.5 Å². The van der Waals surface area contributed by atoms with Gasteiger partial charge in [0.25, 0.3) is 0 Å². The Kier molecular flexibility index (Phi) is 7.28. The summed E-state index contributed by atoms with van der Waals surface area (Å²) in [5.41, 5.74) is 3.04. The summed E-state index contributed by atoms with van der Waals surface area (Å²) in [4.78, 5) is 29.9. The highest BCUT2D eigenvalue weighted by molar-refractivity contribution is 5.92. The molecule has 2 aromatic carbocycles. The van der Waals surface area contributed by atoms with Crippen LogP contribution in [0.25, 0.3) is 22.6 Å². The fourth-order valence-corrected chi connectivity index (χ4v) is 4.42. The number of nitrogens with one attached hydrogen (secondary N) is 3. The molecule has 0 aliphatic carbocycles. The third-order valence-electron chi connectivity index (χ3n) is 6.70. The molecule has 1 amide bonds. The Balaban J connectivity index is 1.25. The van der Waals surface area contributed by atoms with E-state index < -0.39 is 11.7 Å². The van der Waals surface area contributed by atoms with Crippen LogP contribution in [0.2, 0.25) is 0 Å². The predicted octanol–water partition coefficient (Wildman–Crippen LogP) is 5.35. The summed E-state index contributed by atoms with van der Waals surface area (Å²) in [5, 5.41) is 6.03. The lowest BCUT2D eigenvalue weighted by Crippen LogP contribution is -2.44. The number of nitrogens with zero attached hydrogens (tertiary/aromatic N) is 3. The minimum Gasteiger partial charge on any atom is -0.467 e. The van der Waals surface area contributed by atoms with E-state index in [2.05, 4.69) is 25.6 Å². The van der Waals surface area contributed by atoms with Crippen LogP contribution in [0.3, 0.4) is 0 Å². The maximum Gasteiger partial charge on any atom is 0.232 e. The number of carbonyl (C=O) groups excluding carboxylic acids is 1. The molecule has 0 radical (unpaired) electrons. The van der Waals surface area contributed by atoms with Crippen molar-refractivity contribution in [3.8, 4) is 22.6 Å². The first kappa shape index (κ1) is 26.4. The van der Waals surface area contributed by atoms with Crippen LogP contribution in [0.15, 0.2) is 89.7 Å². The summed E-state index contributed by atoms with van der Waals surface area (Å²) in [7, 11) is 0. The molecule has 10 nitrogen and oxygen atoms in total. The van der Waals surface area contributed by atoms with Gasteiger partial charge in [0.1, 0.15) is 11.6 Å². The highest BCUT2D eigenvalue weighted by Gasteiger charge is 2.40. The average molecular weight is 555 g/mol. The SMILES string of the molecule is CC1(c2nc(-c3ccc(F)cc3)c(-c3ccnc(NCc4ccco4)n3)[nH]2)OCC(C(=O)Nc2ccccc2)CO1. The monoisotopic (exact) mass is 554 g/mol. The lowest BCUT2D eigenvalue weighted by atomic mass is 10.1. The number of amides is 1. The number of H-pyrrole nitrogens is 1. The number of anilines is 2. The van der Waals surface area contributed by atoms with E-state index in [-0.39, 0.29) is 24.9 Å². The van der Waals surface area contributed by atoms with Crippen molar-refractivity contribution in [3.63, 3.8) is 0 Å². The molecule has 1 saturated heterocycles. The van der Waals surface area contributed by atoms with Gasteiger partial charge in [0.2, 0.25) is 17.6 Å². The second kappa shape index (κ2) is 11.3. The number of rotatable bonds is 8. The molecule has 11 heteroatoms. The standard InChI is InChI=1S/C30H27FN6O4/c1-30(40-17-20(18-41-30)27(38)34-22-6-3-2-4-7-22)28-36-25(19-9-11-21(31)12-10-19)26(37-28)24-13-14-32-29(35-24)33-16-23-8-5-15-39-23/h2-15,20H,16-18H2,1H3,(H,34,38)(H,36,37)(H,32,33,35). The average Bonchev–Trinajstić information content (AvgIpc) is 3.69. The molecule has 3 N–H and O–H groups in total. The van der Waals surface area contributed by atoms with Crippen molar-refractivity contribution < 1.29 is 23.1 Å². The van der Waals surface area contributed by atoms with Gasteiger partial charge in [-0.2, -0.15) is 0 Å². The molecular weight excluding hydrogens is 527 g/mol. The first-order valence-electron chi connectivity index (χ1n) is 13.1. The molecule has 0 unspecified atom stereocenters. The van der Waals surface area contributed by atoms with E-state index in [4.69, 9.17) is 18.9 Å². The van der Waals surface area contributed by atoms with E-state index in [1.165, 1.54) is 12.1 Å². The molecule has 5 aromatic rings. The van der Waals surface area contributed by atoms with Gasteiger partial charge in [-0.15, -0.1) is 0 Å². The van der Waals surface area contributed by atoms with Crippen LogP contribution in [-0.4, -0.2) is 39.1 Å². The molecule has 208 valence electrons. The van der Waals surface area contributed by atoms with Crippen molar-refractivity contribution in [2.75, 3.05) is 23.8 Å². The molecular formula is C30H27FN6O4. The second-order valence-electron chi connectivity index (χ2n) is 9.63. The van der Waals surface area contributed by atoms with Gasteiger partial charge in [-0.1, -0.05) is 18.2 Å². The Labute approximate surface area is 235 Å². The molecule has 1 fully saturated rings. The van der Waals surface area contributed by atoms with Gasteiger partial charge in [-0.05, 0) is 61.5 Å². The van der Waals surface area contributed by atoms with E-state index in [1.54, 1.807) is 37.6 Å². The Morgan fingerprint density at radius 3 is 2.54 bits per heavy atom. The molecule has 0 spiro atoms. The highest BCUT2D eigenvalue weighted by atomic mass is 19.1. The summed E-state index contributed by atoms with van der Waals surface area (Å²) in [6, 6.07) is 20.7. The Hall–Kier alpha value is -4.87. The van der Waals surface area contributed by atoms with Gasteiger partial charge in [-0.3, -0.25) is 4.79 Å². The van der Waals surface area contributed by atoms with Crippen molar-refractivity contribution in [1.82, 2.24) is 19.9 Å². The van der Waals surface area contributed by atoms with E-state index >= 15 is 0 Å². The lowest BCUT2D eigenvalue weighted by molar-refractivity contribution is -0.281. The van der Waals surface area contributed by atoms with Gasteiger partial charge < -0.3 is 29.5 Å². The predicted molar refractivity (Wildman–Crippen MR) is 149 cm³/mol. The zero-order valence-electron chi connectivity index (χ0n) is 22.1. The molecule has 0 bridgehead atoms. The largest absolute Gasteiger partial charge is 0.467 e. The summed E-state index contributed by atoms with van der Waals surface area (Å²) in [6.45, 7) is 2.41. The first-order chi connectivity index (χ1) is 20.0. The summed E-state index contributed by atoms with van der Waals surface area (Å²) in [6.07, 6.45) is 3.23. The summed E-state index contributed by atoms with van der Waals surface area (Å²) in [5.74, 6) is -0.793. The Morgan fingerprint density at radius 1 is 1.02 bits per heavy atom. The number of aromatic nitrogens is 4. The first-order valence-corrected chi connectivity index (χ1v) is 13.1. The molecule has 1 aliphatic rings. The highest BCUT2D eigenvalue weighted by Crippen LogP contribution is 2.36. The number of halogens is 1. The maximum absolute atomic E-state index is 13.7. The number of benzene rings is 2. The van der Waals surface area contributed by atoms with Crippen molar-refractivity contribution in [3.05, 3.63) is 103 Å². The van der Waals surface area contributed by atoms with Crippen LogP contribution in [-0.2, 0) is 26.6 Å². The van der Waals surface area contributed by atoms with E-state index in [9.17, 15) is 9.18 Å². The molecule has 0 saturated carbocycles. The van der Waals surface area contributed by atoms with Gasteiger partial charge in [0.05, 0.1) is 49.0 Å². The Bertz CT molecular complexity index is 1610. The van der Waals surface area contributed by atoms with E-state index in [1.807, 2.05) is 42.5 Å². The number of imidazole rings is 1. The molecule has 6 rings (SSSR count). The van der Waals surface area contributed by atoms with Crippen molar-refractivity contribution in [2.45, 2.75) is 19.3 Å². The number of aromatic amines is 1. The molecule has 3 aromatic heterocycles. The number of hydrogen-bond acceptors (Lipinski definition) is 8. The third-order valence-corrected chi connectivity index (χ3v) is 6.70. The van der Waals surface area contributed by atoms with Crippen LogP contribution in [0.1, 0.15) is 18.5 Å². The third kappa shape index (κ3) is 5.86. The molecule has 4 heterocycles. The molecule has 0 atom stereocenters. The fourth-order valence-electron chi connectivity index (χ4n) is 4.42. The van der Waals surface area contributed by atoms with Gasteiger partial charge >= 0.3 is 0 Å². The van der Waals surface area contributed by atoms with E-state index in [0.29, 0.717) is 46.7 Å². The van der Waals surface area contributed by atoms with Gasteiger partial charge in [0.15, 0.2) is 5.82 Å². The maximum atomic E-state index is 13.7. The molecule has 1 aliphatic heterocycles. The second-order valence-corrected chi connectivity index (χ2v) is 9.63. The fraction of sp³-hybridized carbons (Fsp3) is 0.200. The quantitative estimate of drug-likeness (QED) is 0.234. The molecule has 41 heavy (non-hydrogen) atoms. The smallest absolute Gasteiger partial charge is 0.232 e. The topological polar surface area (TPSA) is 127 Å². The van der Waals surface area contributed by atoms with E-state index in [0.717, 1.165) is 5.76 Å². The lowest BCUT2D eigenvalue weighted by Gasteiger charge is -2.35.